The Kier molecular flexibility index (Phi) is 5.72. The molecule has 0 saturated heterocycles. The first-order chi connectivity index (χ1) is 14.5. The number of aromatic carboxylic acids is 1. The number of fused-ring (bicyclic) bond motifs is 3. The van der Waals surface area contributed by atoms with E-state index in [1.165, 1.54) is 7.11 Å². The van der Waals surface area contributed by atoms with Gasteiger partial charge in [0.25, 0.3) is 0 Å². The van der Waals surface area contributed by atoms with Gasteiger partial charge in [0.15, 0.2) is 12.0 Å². The van der Waals surface area contributed by atoms with Gasteiger partial charge in [-0.1, -0.05) is 41.9 Å². The molecule has 4 rings (SSSR count). The minimum absolute atomic E-state index is 0.0285. The van der Waals surface area contributed by atoms with Crippen LogP contribution in [0.5, 0.6) is 0 Å². The Hall–Kier alpha value is -2.93. The molecule has 0 saturated carbocycles. The molecule has 0 radical (unpaired) electrons. The summed E-state index contributed by atoms with van der Waals surface area (Å²) in [7, 11) is 1.54. The molecule has 0 aliphatic carbocycles. The molecule has 7 heteroatoms. The zero-order valence-electron chi connectivity index (χ0n) is 16.6. The van der Waals surface area contributed by atoms with Crippen LogP contribution < -0.4 is 0 Å². The minimum atomic E-state index is -1.10. The number of nitrogens with zero attached hydrogens (tertiary/aromatic N) is 1. The van der Waals surface area contributed by atoms with Crippen molar-refractivity contribution in [3.05, 3.63) is 76.1 Å². The highest BCUT2D eigenvalue weighted by molar-refractivity contribution is 6.31. The van der Waals surface area contributed by atoms with Crippen LogP contribution in [-0.4, -0.2) is 34.4 Å². The summed E-state index contributed by atoms with van der Waals surface area (Å²) in [6, 6.07) is 13.7. The predicted molar refractivity (Wildman–Crippen MR) is 116 cm³/mol. The molecule has 0 aliphatic heterocycles. The van der Waals surface area contributed by atoms with Gasteiger partial charge in [0.05, 0.1) is 18.3 Å². The maximum atomic E-state index is 11.9. The fraction of sp³-hybridized carbons (Fsp3) is 0.217. The van der Waals surface area contributed by atoms with Crippen LogP contribution >= 0.6 is 11.6 Å². The van der Waals surface area contributed by atoms with E-state index in [1.807, 2.05) is 42.5 Å². The Bertz CT molecular complexity index is 1230. The number of rotatable bonds is 7. The Morgan fingerprint density at radius 1 is 1.13 bits per heavy atom. The number of benzene rings is 2. The molecule has 0 amide bonds. The van der Waals surface area contributed by atoms with E-state index in [0.29, 0.717) is 17.0 Å². The van der Waals surface area contributed by atoms with Crippen molar-refractivity contribution in [1.82, 2.24) is 9.97 Å². The van der Waals surface area contributed by atoms with Crippen LogP contribution in [0, 0.1) is 0 Å². The van der Waals surface area contributed by atoms with Crippen LogP contribution in [0.25, 0.3) is 21.8 Å². The first kappa shape index (κ1) is 20.3. The lowest BCUT2D eigenvalue weighted by molar-refractivity contribution is -0.118. The Morgan fingerprint density at radius 2 is 1.90 bits per heavy atom. The fourth-order valence-corrected chi connectivity index (χ4v) is 3.87. The molecule has 30 heavy (non-hydrogen) atoms. The van der Waals surface area contributed by atoms with Crippen molar-refractivity contribution in [2.45, 2.75) is 26.2 Å². The minimum Gasteiger partial charge on any atom is -0.477 e. The van der Waals surface area contributed by atoms with E-state index < -0.39 is 12.3 Å². The van der Waals surface area contributed by atoms with Crippen molar-refractivity contribution in [1.29, 1.82) is 0 Å². The van der Waals surface area contributed by atoms with Gasteiger partial charge in [-0.2, -0.15) is 0 Å². The average Bonchev–Trinajstić information content (AvgIpc) is 3.13. The van der Waals surface area contributed by atoms with E-state index in [0.717, 1.165) is 32.9 Å². The molecule has 154 valence electrons. The maximum Gasteiger partial charge on any atom is 0.354 e. The number of carboxylic acid groups (broad SMARTS) is 1. The summed E-state index contributed by atoms with van der Waals surface area (Å²) in [6.45, 7) is 1.82. The number of methoxy groups -OCH3 is 1. The van der Waals surface area contributed by atoms with E-state index in [1.54, 1.807) is 13.1 Å². The lowest BCUT2D eigenvalue weighted by Gasteiger charge is -2.14. The van der Waals surface area contributed by atoms with Crippen molar-refractivity contribution < 1.29 is 19.4 Å². The summed E-state index contributed by atoms with van der Waals surface area (Å²) >= 11 is 6.39. The lowest BCUT2D eigenvalue weighted by Crippen LogP contribution is -2.13. The van der Waals surface area contributed by atoms with E-state index in [2.05, 4.69) is 9.97 Å². The van der Waals surface area contributed by atoms with E-state index in [-0.39, 0.29) is 12.3 Å². The lowest BCUT2D eigenvalue weighted by atomic mass is 9.97. The highest BCUT2D eigenvalue weighted by atomic mass is 35.5. The van der Waals surface area contributed by atoms with Gasteiger partial charge >= 0.3 is 5.97 Å². The van der Waals surface area contributed by atoms with Gasteiger partial charge in [-0.05, 0) is 36.6 Å². The molecular formula is C23H21ClN2O4. The Morgan fingerprint density at radius 3 is 2.63 bits per heavy atom. The van der Waals surface area contributed by atoms with E-state index in [4.69, 9.17) is 21.1 Å². The summed E-state index contributed by atoms with van der Waals surface area (Å²) in [4.78, 5) is 19.4. The van der Waals surface area contributed by atoms with Crippen LogP contribution in [0.1, 0.15) is 34.1 Å². The second-order valence-corrected chi connectivity index (χ2v) is 7.43. The van der Waals surface area contributed by atoms with Gasteiger partial charge in [-0.15, -0.1) is 0 Å². The summed E-state index contributed by atoms with van der Waals surface area (Å²) in [5.41, 5.74) is 4.18. The number of carboxylic acids is 1. The van der Waals surface area contributed by atoms with Gasteiger partial charge in [0, 0.05) is 34.0 Å². The molecule has 1 unspecified atom stereocenters. The van der Waals surface area contributed by atoms with Crippen LogP contribution in [0.15, 0.2) is 48.7 Å². The molecule has 0 fully saturated rings. The van der Waals surface area contributed by atoms with Crippen LogP contribution in [0.4, 0.5) is 0 Å². The zero-order valence-corrected chi connectivity index (χ0v) is 17.4. The van der Waals surface area contributed by atoms with Gasteiger partial charge in [0.2, 0.25) is 0 Å². The molecule has 2 N–H and O–H groups in total. The van der Waals surface area contributed by atoms with Crippen molar-refractivity contribution in [3.8, 4) is 0 Å². The Labute approximate surface area is 178 Å². The quantitative estimate of drug-likeness (QED) is 0.400. The molecule has 0 bridgehead atoms. The second-order valence-electron chi connectivity index (χ2n) is 7.03. The van der Waals surface area contributed by atoms with Gasteiger partial charge in [-0.3, -0.25) is 0 Å². The molecule has 2 heterocycles. The smallest absolute Gasteiger partial charge is 0.354 e. The fourth-order valence-electron chi connectivity index (χ4n) is 3.67. The number of aromatic nitrogens is 2. The zero-order chi connectivity index (χ0) is 21.3. The maximum absolute atomic E-state index is 11.9. The molecule has 2 aromatic heterocycles. The summed E-state index contributed by atoms with van der Waals surface area (Å²) < 4.78 is 10.9. The SMILES string of the molecule is COC(C)OCc1c(C(=O)O)ncc2[nH]c3cccc(Cc4ccccc4Cl)c3c12. The number of ether oxygens (including phenoxy) is 2. The van der Waals surface area contributed by atoms with Crippen molar-refractivity contribution in [2.24, 2.45) is 0 Å². The third-order valence-corrected chi connectivity index (χ3v) is 5.55. The normalized spacial score (nSPS) is 12.5. The summed E-state index contributed by atoms with van der Waals surface area (Å²) in [6.07, 6.45) is 1.69. The van der Waals surface area contributed by atoms with Crippen LogP contribution in [0.2, 0.25) is 5.02 Å². The number of hydrogen-bond acceptors (Lipinski definition) is 4. The highest BCUT2D eigenvalue weighted by Crippen LogP contribution is 2.34. The topological polar surface area (TPSA) is 84.4 Å². The largest absolute Gasteiger partial charge is 0.477 e. The molecule has 6 nitrogen and oxygen atoms in total. The molecule has 1 atom stereocenters. The first-order valence-electron chi connectivity index (χ1n) is 9.51. The van der Waals surface area contributed by atoms with Gasteiger partial charge in [0.1, 0.15) is 0 Å². The van der Waals surface area contributed by atoms with Gasteiger partial charge in [-0.25, -0.2) is 9.78 Å². The van der Waals surface area contributed by atoms with E-state index >= 15 is 0 Å². The third kappa shape index (κ3) is 3.77. The number of H-pyrrole nitrogens is 1. The number of hydrogen-bond donors (Lipinski definition) is 2. The van der Waals surface area contributed by atoms with Crippen LogP contribution in [0.3, 0.4) is 0 Å². The van der Waals surface area contributed by atoms with Crippen molar-refractivity contribution in [3.63, 3.8) is 0 Å². The highest BCUT2D eigenvalue weighted by Gasteiger charge is 2.21. The molecular weight excluding hydrogens is 404 g/mol. The molecule has 4 aromatic rings. The predicted octanol–water partition coefficient (Wildman–Crippen LogP) is 5.17. The number of pyridine rings is 1. The van der Waals surface area contributed by atoms with Gasteiger partial charge < -0.3 is 19.6 Å². The summed E-state index contributed by atoms with van der Waals surface area (Å²) in [5, 5.41) is 12.2. The number of aromatic amines is 1. The Balaban J connectivity index is 1.94. The number of carbonyl (C=O) groups is 1. The second kappa shape index (κ2) is 8.44. The monoisotopic (exact) mass is 424 g/mol. The average molecular weight is 425 g/mol. The van der Waals surface area contributed by atoms with Crippen molar-refractivity contribution in [2.75, 3.05) is 7.11 Å². The summed E-state index contributed by atoms with van der Waals surface area (Å²) in [5.74, 6) is -1.10. The third-order valence-electron chi connectivity index (χ3n) is 5.19. The van der Waals surface area contributed by atoms with Crippen molar-refractivity contribution >= 4 is 39.4 Å². The first-order valence-corrected chi connectivity index (χ1v) is 9.89. The molecule has 0 aliphatic rings. The molecule has 0 spiro atoms. The van der Waals surface area contributed by atoms with E-state index in [9.17, 15) is 9.90 Å². The standard InChI is InChI=1S/C23H21ClN2O4/c1-13(29-2)30-12-16-21-19(11-25-22(16)23(27)28)26-18-9-5-7-15(20(18)21)10-14-6-3-4-8-17(14)24/h3-9,11,13,26H,10,12H2,1-2H3,(H,27,28). The molecule has 2 aromatic carbocycles. The van der Waals surface area contributed by atoms with Crippen LogP contribution in [-0.2, 0) is 22.5 Å². The number of halogens is 1. The number of nitrogens with one attached hydrogen (secondary N) is 1.